The molecule has 1 heteroatoms. The summed E-state index contributed by atoms with van der Waals surface area (Å²) in [5.41, 5.74) is 0. The van der Waals surface area contributed by atoms with E-state index >= 15 is 0 Å². The van der Waals surface area contributed by atoms with Crippen LogP contribution in [-0.4, -0.2) is 5.25 Å². The van der Waals surface area contributed by atoms with E-state index in [0.717, 1.165) is 0 Å². The molecule has 0 aliphatic carbocycles. The molecular weight excluding hydrogens is 92.1 g/mol. The van der Waals surface area contributed by atoms with E-state index in [1.165, 1.54) is 12.8 Å². The Labute approximate surface area is 45.4 Å². The zero-order chi connectivity index (χ0) is 4.99. The molecule has 0 aliphatic heterocycles. The first-order valence-corrected chi connectivity index (χ1v) is 2.90. The van der Waals surface area contributed by atoms with Gasteiger partial charge in [-0.2, -0.15) is 0 Å². The molecule has 0 saturated heterocycles. The minimum absolute atomic E-state index is 0.481. The Morgan fingerprint density at radius 2 is 2.17 bits per heavy atom. The van der Waals surface area contributed by atoms with Gasteiger partial charge in [-0.15, -0.1) is 0 Å². The second-order valence-corrected chi connectivity index (χ2v) is 2.40. The average molecular weight is 103 g/mol. The summed E-state index contributed by atoms with van der Waals surface area (Å²) < 4.78 is 0. The first-order valence-electron chi connectivity index (χ1n) is 2.43. The van der Waals surface area contributed by atoms with Crippen molar-refractivity contribution in [3.63, 3.8) is 0 Å². The van der Waals surface area contributed by atoms with Crippen LogP contribution in [0.2, 0.25) is 0 Å². The molecule has 0 saturated carbocycles. The van der Waals surface area contributed by atoms with Crippen molar-refractivity contribution in [3.05, 3.63) is 0 Å². The molecular formula is C5H11S. The highest BCUT2D eigenvalue weighted by molar-refractivity contribution is 7.80. The fourth-order valence-electron chi connectivity index (χ4n) is 0.407. The van der Waals surface area contributed by atoms with Gasteiger partial charge in [0.25, 0.3) is 0 Å². The van der Waals surface area contributed by atoms with Crippen LogP contribution in [0.5, 0.6) is 0 Å². The molecule has 37 valence electrons. The predicted molar refractivity (Wildman–Crippen MR) is 32.0 cm³/mol. The third-order valence-corrected chi connectivity index (χ3v) is 0.931. The van der Waals surface area contributed by atoms with Gasteiger partial charge >= 0.3 is 0 Å². The Morgan fingerprint density at radius 1 is 1.67 bits per heavy atom. The molecule has 6 heavy (non-hydrogen) atoms. The highest BCUT2D eigenvalue weighted by Gasteiger charge is 1.87. The minimum atomic E-state index is 0.481. The van der Waals surface area contributed by atoms with Gasteiger partial charge in [0.05, 0.1) is 0 Å². The summed E-state index contributed by atoms with van der Waals surface area (Å²) in [5.74, 6) is 0. The molecule has 0 spiro atoms. The second-order valence-electron chi connectivity index (χ2n) is 1.60. The third-order valence-electron chi connectivity index (χ3n) is 0.695. The standard InChI is InChI=1S/C5H11S/c1-3-4-5(2)6/h5H,3-4H2,1-2H3. The number of hydrogen-bond acceptors (Lipinski definition) is 0. The highest BCUT2D eigenvalue weighted by atomic mass is 32.1. The van der Waals surface area contributed by atoms with Crippen LogP contribution in [0.25, 0.3) is 0 Å². The molecule has 0 N–H and O–H groups in total. The second kappa shape index (κ2) is 3.54. The number of hydrogen-bond donors (Lipinski definition) is 0. The van der Waals surface area contributed by atoms with E-state index in [0.29, 0.717) is 5.25 Å². The van der Waals surface area contributed by atoms with E-state index in [1.807, 2.05) is 0 Å². The zero-order valence-corrected chi connectivity index (χ0v) is 5.22. The van der Waals surface area contributed by atoms with Gasteiger partial charge in [0, 0.05) is 5.25 Å². The first-order chi connectivity index (χ1) is 2.77. The molecule has 0 fully saturated rings. The van der Waals surface area contributed by atoms with E-state index in [-0.39, 0.29) is 0 Å². The van der Waals surface area contributed by atoms with Gasteiger partial charge < -0.3 is 0 Å². The molecule has 0 aromatic rings. The van der Waals surface area contributed by atoms with Crippen molar-refractivity contribution in [2.24, 2.45) is 0 Å². The van der Waals surface area contributed by atoms with Crippen LogP contribution >= 0.6 is 12.6 Å². The molecule has 0 nitrogen and oxygen atoms in total. The molecule has 0 aromatic carbocycles. The van der Waals surface area contributed by atoms with Crippen LogP contribution in [0, 0.1) is 0 Å². The van der Waals surface area contributed by atoms with Gasteiger partial charge in [0.2, 0.25) is 0 Å². The van der Waals surface area contributed by atoms with Crippen LogP contribution < -0.4 is 0 Å². The molecule has 1 atom stereocenters. The molecule has 0 amide bonds. The van der Waals surface area contributed by atoms with Gasteiger partial charge in [-0.25, -0.2) is 0 Å². The number of rotatable bonds is 2. The van der Waals surface area contributed by atoms with Crippen molar-refractivity contribution < 1.29 is 0 Å². The maximum atomic E-state index is 4.88. The predicted octanol–water partition coefficient (Wildman–Crippen LogP) is 2.37. The fourth-order valence-corrected chi connectivity index (χ4v) is 0.642. The van der Waals surface area contributed by atoms with Crippen LogP contribution in [-0.2, 0) is 0 Å². The summed E-state index contributed by atoms with van der Waals surface area (Å²) in [4.78, 5) is 0. The highest BCUT2D eigenvalue weighted by Crippen LogP contribution is 2.00. The van der Waals surface area contributed by atoms with Crippen molar-refractivity contribution in [1.82, 2.24) is 0 Å². The SMILES string of the molecule is CCCC(C)[S]. The average Bonchev–Trinajstić information content (AvgIpc) is 1.35. The maximum Gasteiger partial charge on any atom is 0.0123 e. The Balaban J connectivity index is 2.63. The van der Waals surface area contributed by atoms with E-state index in [1.54, 1.807) is 0 Å². The third kappa shape index (κ3) is 4.35. The summed E-state index contributed by atoms with van der Waals surface area (Å²) in [6, 6.07) is 0. The van der Waals surface area contributed by atoms with Crippen molar-refractivity contribution in [2.75, 3.05) is 0 Å². The molecule has 0 bridgehead atoms. The van der Waals surface area contributed by atoms with E-state index in [4.69, 9.17) is 12.6 Å². The van der Waals surface area contributed by atoms with Gasteiger partial charge in [0.1, 0.15) is 0 Å². The maximum absolute atomic E-state index is 4.88. The lowest BCUT2D eigenvalue weighted by atomic mass is 10.3. The Morgan fingerprint density at radius 3 is 2.17 bits per heavy atom. The molecule has 0 rings (SSSR count). The summed E-state index contributed by atoms with van der Waals surface area (Å²) in [5, 5.41) is 0.481. The Bertz CT molecular complexity index is 25.1. The lowest BCUT2D eigenvalue weighted by Gasteiger charge is -1.93. The summed E-state index contributed by atoms with van der Waals surface area (Å²) in [6.45, 7) is 4.22. The molecule has 0 aromatic heterocycles. The molecule has 0 heterocycles. The van der Waals surface area contributed by atoms with E-state index in [2.05, 4.69) is 13.8 Å². The van der Waals surface area contributed by atoms with Crippen molar-refractivity contribution in [2.45, 2.75) is 31.9 Å². The molecule has 1 unspecified atom stereocenters. The lowest BCUT2D eigenvalue weighted by Crippen LogP contribution is -1.85. The van der Waals surface area contributed by atoms with Crippen LogP contribution in [0.3, 0.4) is 0 Å². The van der Waals surface area contributed by atoms with Crippen LogP contribution in [0.1, 0.15) is 26.7 Å². The van der Waals surface area contributed by atoms with Gasteiger partial charge in [-0.1, -0.05) is 32.9 Å². The van der Waals surface area contributed by atoms with Gasteiger partial charge in [-0.05, 0) is 6.42 Å². The fraction of sp³-hybridized carbons (Fsp3) is 1.00. The largest absolute Gasteiger partial charge is 0.0907 e. The lowest BCUT2D eigenvalue weighted by molar-refractivity contribution is 0.791. The first kappa shape index (κ1) is 6.35. The topological polar surface area (TPSA) is 0 Å². The smallest absolute Gasteiger partial charge is 0.0123 e. The Kier molecular flexibility index (Phi) is 3.74. The molecule has 0 aliphatic rings. The summed E-state index contributed by atoms with van der Waals surface area (Å²) in [7, 11) is 0. The quantitative estimate of drug-likeness (QED) is 0.503. The van der Waals surface area contributed by atoms with Gasteiger partial charge in [0.15, 0.2) is 0 Å². The zero-order valence-electron chi connectivity index (χ0n) is 4.40. The van der Waals surface area contributed by atoms with Crippen LogP contribution in [0.15, 0.2) is 0 Å². The monoisotopic (exact) mass is 103 g/mol. The minimum Gasteiger partial charge on any atom is -0.0907 e. The molecule has 1 radical (unpaired) electrons. The summed E-state index contributed by atoms with van der Waals surface area (Å²) in [6.07, 6.45) is 2.42. The van der Waals surface area contributed by atoms with Gasteiger partial charge in [-0.3, -0.25) is 0 Å². The Hall–Kier alpha value is 0.350. The van der Waals surface area contributed by atoms with Crippen LogP contribution in [0.4, 0.5) is 0 Å². The van der Waals surface area contributed by atoms with Crippen molar-refractivity contribution >= 4 is 12.6 Å². The summed E-state index contributed by atoms with van der Waals surface area (Å²) >= 11 is 4.88. The normalized spacial score (nSPS) is 14.5. The van der Waals surface area contributed by atoms with E-state index < -0.39 is 0 Å². The van der Waals surface area contributed by atoms with E-state index in [9.17, 15) is 0 Å². The van der Waals surface area contributed by atoms with Crippen molar-refractivity contribution in [1.29, 1.82) is 0 Å². The van der Waals surface area contributed by atoms with Crippen molar-refractivity contribution in [3.8, 4) is 0 Å².